The first-order valence-electron chi connectivity index (χ1n) is 6.12. The van der Waals surface area contributed by atoms with Crippen LogP contribution >= 0.6 is 27.2 Å². The molecule has 3 aliphatic rings. The molecule has 0 amide bonds. The number of halogens is 13. The number of piperazine rings is 3. The van der Waals surface area contributed by atoms with Crippen molar-refractivity contribution in [2.24, 2.45) is 0 Å². The first-order chi connectivity index (χ1) is 9.75. The van der Waals surface area contributed by atoms with Crippen LogP contribution in [0.1, 0.15) is 0 Å². The van der Waals surface area contributed by atoms with Crippen molar-refractivity contribution in [3.8, 4) is 0 Å². The molecule has 0 atom stereocenters. The van der Waals surface area contributed by atoms with E-state index in [2.05, 4.69) is 0 Å². The zero-order valence-corrected chi connectivity index (χ0v) is 14.2. The average molecular weight is 453 g/mol. The molecule has 0 aliphatic carbocycles. The number of nitrogens with zero attached hydrogens (tertiary/aromatic N) is 1. The summed E-state index contributed by atoms with van der Waals surface area (Å²) in [5.74, 6) is 0. The van der Waals surface area contributed by atoms with E-state index in [4.69, 9.17) is 11.6 Å². The second kappa shape index (κ2) is 5.37. The fraction of sp³-hybridized carbons (Fsp3) is 1.00. The average Bonchev–Trinajstić information content (AvgIpc) is 2.23. The minimum absolute atomic E-state index is 0.841. The van der Waals surface area contributed by atoms with Crippen LogP contribution in [-0.4, -0.2) is 49.8 Å². The van der Waals surface area contributed by atoms with Gasteiger partial charge in [0.1, 0.15) is 39.3 Å². The molecule has 0 aromatic rings. The van der Waals surface area contributed by atoms with E-state index in [1.54, 1.807) is 4.90 Å². The van der Waals surface area contributed by atoms with Gasteiger partial charge in [-0.1, -0.05) is 11.6 Å². The van der Waals surface area contributed by atoms with Crippen LogP contribution < -0.4 is 4.90 Å². The van der Waals surface area contributed by atoms with E-state index in [1.165, 1.54) is 43.8 Å². The van der Waals surface area contributed by atoms with Gasteiger partial charge in [0.25, 0.3) is 0 Å². The van der Waals surface area contributed by atoms with Gasteiger partial charge in [-0.05, 0) is 0 Å². The van der Waals surface area contributed by atoms with Crippen molar-refractivity contribution in [3.63, 3.8) is 0 Å². The van der Waals surface area contributed by atoms with E-state index < -0.39 is 15.6 Å². The summed E-state index contributed by atoms with van der Waals surface area (Å²) in [5.41, 5.74) is 0. The first-order valence-corrected chi connectivity index (χ1v) is 10.7. The molecule has 0 radical (unpaired) electrons. The molecule has 0 saturated carbocycles. The zero-order chi connectivity index (χ0) is 19.8. The molecule has 3 rings (SSSR count). The third kappa shape index (κ3) is 22.2. The molecule has 3 aliphatic heterocycles. The second-order valence-corrected chi connectivity index (χ2v) is 9.62. The molecule has 154 valence electrons. The molecule has 24 heavy (non-hydrogen) atoms. The Morgan fingerprint density at radius 3 is 0.958 bits per heavy atom. The van der Waals surface area contributed by atoms with Crippen LogP contribution in [-0.2, 0) is 0 Å². The summed E-state index contributed by atoms with van der Waals surface area (Å²) >= 11 is 5.92. The molecule has 0 spiro atoms. The molecule has 3 heterocycles. The van der Waals surface area contributed by atoms with E-state index in [9.17, 15) is 50.4 Å². The molecule has 1 N–H and O–H groups in total. The number of alkyl halides is 1. The number of quaternary nitrogens is 2. The van der Waals surface area contributed by atoms with E-state index in [0.717, 1.165) is 6.00 Å². The summed E-state index contributed by atoms with van der Waals surface area (Å²) in [4.78, 5) is 1.80. The van der Waals surface area contributed by atoms with E-state index in [-0.39, 0.29) is 0 Å². The van der Waals surface area contributed by atoms with Crippen LogP contribution in [0, 0.1) is 0 Å². The molecule has 0 aromatic carbocycles. The molecule has 2 bridgehead atoms. The molecule has 3 saturated heterocycles. The fourth-order valence-electron chi connectivity index (χ4n) is 2.08. The van der Waals surface area contributed by atoms with Crippen molar-refractivity contribution in [3.05, 3.63) is 0 Å². The van der Waals surface area contributed by atoms with Crippen LogP contribution in [0.25, 0.3) is 0 Å². The van der Waals surface area contributed by atoms with Gasteiger partial charge in [-0.3, -0.25) is 4.48 Å². The van der Waals surface area contributed by atoms with E-state index >= 15 is 0 Å². The monoisotopic (exact) mass is 452 g/mol. The van der Waals surface area contributed by atoms with Crippen LogP contribution in [0.4, 0.5) is 50.4 Å². The first kappa shape index (κ1) is 24.2. The molecular weight excluding hydrogens is 437 g/mol. The number of nitrogens with one attached hydrogen (secondary N) is 1. The van der Waals surface area contributed by atoms with Gasteiger partial charge in [0.2, 0.25) is 0 Å². The van der Waals surface area contributed by atoms with Crippen LogP contribution in [0.2, 0.25) is 0 Å². The predicted molar refractivity (Wildman–Crippen MR) is 68.3 cm³/mol. The molecule has 17 heteroatoms. The van der Waals surface area contributed by atoms with Gasteiger partial charge in [-0.25, -0.2) is 0 Å². The summed E-state index contributed by atoms with van der Waals surface area (Å²) in [6.45, 7) is 8.02. The topological polar surface area (TPSA) is 4.44 Å². The fourth-order valence-corrected chi connectivity index (χ4v) is 2.43. The van der Waals surface area contributed by atoms with Gasteiger partial charge in [-0.2, -0.15) is 0 Å². The Morgan fingerprint density at radius 2 is 0.833 bits per heavy atom. The summed E-state index contributed by atoms with van der Waals surface area (Å²) in [7, 11) is -21.3. The van der Waals surface area contributed by atoms with Gasteiger partial charge in [0, 0.05) is 0 Å². The number of rotatable bonds is 1. The molecule has 0 unspecified atom stereocenters. The van der Waals surface area contributed by atoms with Crippen molar-refractivity contribution in [2.75, 3.05) is 45.3 Å². The Hall–Kier alpha value is 0.230. The van der Waals surface area contributed by atoms with Crippen molar-refractivity contribution >= 4 is 27.2 Å². The van der Waals surface area contributed by atoms with E-state index in [0.29, 0.717) is 0 Å². The van der Waals surface area contributed by atoms with Gasteiger partial charge >= 0.3 is 66.0 Å². The quantitative estimate of drug-likeness (QED) is 0.172. The van der Waals surface area contributed by atoms with Gasteiger partial charge in [0.05, 0.1) is 0 Å². The van der Waals surface area contributed by atoms with Gasteiger partial charge in [0.15, 0.2) is 6.00 Å². The molecule has 2 nitrogen and oxygen atoms in total. The summed E-state index contributed by atoms with van der Waals surface area (Å²) in [6.07, 6.45) is 0. The van der Waals surface area contributed by atoms with Gasteiger partial charge < -0.3 is 4.90 Å². The minimum atomic E-state index is -10.7. The van der Waals surface area contributed by atoms with Crippen molar-refractivity contribution in [2.45, 2.75) is 0 Å². The van der Waals surface area contributed by atoms with Gasteiger partial charge in [-0.15, -0.1) is 0 Å². The molecule has 0 aromatic heterocycles. The maximum atomic E-state index is 9.87. The van der Waals surface area contributed by atoms with Crippen molar-refractivity contribution < 1.29 is 59.7 Å². The van der Waals surface area contributed by atoms with Crippen LogP contribution in [0.5, 0.6) is 0 Å². The van der Waals surface area contributed by atoms with Crippen LogP contribution in [0.15, 0.2) is 0 Å². The Bertz CT molecular complexity index is 381. The number of hydrogen-bond acceptors (Lipinski definition) is 0. The molecule has 3 fully saturated rings. The third-order valence-corrected chi connectivity index (χ3v) is 3.58. The second-order valence-electron chi connectivity index (χ2n) is 5.55. The SMILES string of the molecule is ClC[N+]12CC[NH+](CC1)CC2.F[P-](F)(F)(F)(F)F.F[P-](F)(F)(F)(F)F. The number of fused-ring (bicyclic) bond motifs is 3. The van der Waals surface area contributed by atoms with Crippen molar-refractivity contribution in [1.29, 1.82) is 0 Å². The summed E-state index contributed by atoms with van der Waals surface area (Å²) < 4.78 is 120. The summed E-state index contributed by atoms with van der Waals surface area (Å²) in [6, 6.07) is 0.841. The third-order valence-electron chi connectivity index (χ3n) is 3.07. The number of hydrogen-bond donors (Lipinski definition) is 1. The predicted octanol–water partition coefficient (Wildman–Crippen LogP) is 5.68. The van der Waals surface area contributed by atoms with Crippen LogP contribution in [0.3, 0.4) is 0 Å². The standard InChI is InChI=1S/C7H14ClN2.2F6P/c8-7-10-4-1-9(2-5-10)3-6-10;2*1-7(2,3,4,5)6/h1-7H2;;/q+1;2*-1/p+1. The normalized spacial score (nSPS) is 32.6. The Balaban J connectivity index is 0.000000343. The Morgan fingerprint density at radius 1 is 0.625 bits per heavy atom. The summed E-state index contributed by atoms with van der Waals surface area (Å²) in [5, 5.41) is 0. The zero-order valence-electron chi connectivity index (χ0n) is 11.7. The van der Waals surface area contributed by atoms with Crippen molar-refractivity contribution in [1.82, 2.24) is 0 Å². The maximum absolute atomic E-state index is 10.7. The Labute approximate surface area is 133 Å². The molecular formula is C7H15ClF12N2P2. The Kier molecular flexibility index (Phi) is 5.42. The van der Waals surface area contributed by atoms with E-state index in [1.807, 2.05) is 0 Å².